The van der Waals surface area contributed by atoms with Crippen LogP contribution in [0, 0.1) is 13.8 Å². The van der Waals surface area contributed by atoms with Crippen molar-refractivity contribution in [3.8, 4) is 22.5 Å². The molecule has 9 rings (SSSR count). The largest absolute Gasteiger partial charge is 0.309 e. The van der Waals surface area contributed by atoms with Crippen molar-refractivity contribution in [2.24, 2.45) is 0 Å². The van der Waals surface area contributed by atoms with E-state index in [1.807, 2.05) is 67.8 Å². The van der Waals surface area contributed by atoms with Gasteiger partial charge in [0.15, 0.2) is 0 Å². The van der Waals surface area contributed by atoms with Crippen LogP contribution in [-0.4, -0.2) is 29.1 Å². The van der Waals surface area contributed by atoms with Crippen LogP contribution in [0.4, 0.5) is 0 Å². The van der Waals surface area contributed by atoms with E-state index in [0.29, 0.717) is 0 Å². The number of fused-ring (bicyclic) bond motifs is 6. The Morgan fingerprint density at radius 2 is 0.960 bits per heavy atom. The molecule has 0 radical (unpaired) electrons. The Kier molecular flexibility index (Phi) is 8.83. The van der Waals surface area contributed by atoms with E-state index in [0.717, 1.165) is 65.0 Å². The predicted molar refractivity (Wildman–Crippen MR) is 212 cm³/mol. The summed E-state index contributed by atoms with van der Waals surface area (Å²) in [6, 6.07) is 29.7. The lowest BCUT2D eigenvalue weighted by Crippen LogP contribution is -1.95. The number of benzene rings is 3. The van der Waals surface area contributed by atoms with Crippen molar-refractivity contribution in [2.45, 2.75) is 21.3 Å². The molecule has 3 aromatic carbocycles. The third-order valence-corrected chi connectivity index (χ3v) is 9.95. The molecule has 0 atom stereocenters. The van der Waals surface area contributed by atoms with Gasteiger partial charge in [0.05, 0.1) is 22.1 Å². The first-order valence-electron chi connectivity index (χ1n) is 16.0. The summed E-state index contributed by atoms with van der Waals surface area (Å²) in [6.45, 7) is 8.09. The summed E-state index contributed by atoms with van der Waals surface area (Å²) >= 11 is 3.56. The van der Waals surface area contributed by atoms with Crippen LogP contribution in [0.3, 0.4) is 0 Å². The number of halogens is 1. The van der Waals surface area contributed by atoms with Gasteiger partial charge in [0.1, 0.15) is 0 Å². The molecule has 0 aliphatic heterocycles. The van der Waals surface area contributed by atoms with E-state index in [4.69, 9.17) is 0 Å². The number of rotatable bonds is 4. The highest BCUT2D eigenvalue weighted by molar-refractivity contribution is 9.10. The van der Waals surface area contributed by atoms with Gasteiger partial charge in [0.25, 0.3) is 0 Å². The van der Waals surface area contributed by atoms with E-state index in [-0.39, 0.29) is 7.43 Å². The van der Waals surface area contributed by atoms with E-state index in [1.165, 1.54) is 22.3 Å². The SMILES string of the molecule is C.C=Cc1ccc(-c2ccc(-n3c4ccncc4c4cnccc43)cc2C)cc1.Cc1cc(-n2c3ccncc3c3cnccc32)ccc1Br. The summed E-state index contributed by atoms with van der Waals surface area (Å²) in [5, 5.41) is 4.49. The summed E-state index contributed by atoms with van der Waals surface area (Å²) in [4.78, 5) is 17.1. The quantitative estimate of drug-likeness (QED) is 0.182. The number of aromatic nitrogens is 6. The summed E-state index contributed by atoms with van der Waals surface area (Å²) in [5.74, 6) is 0. The van der Waals surface area contributed by atoms with Crippen LogP contribution in [0.2, 0.25) is 0 Å². The van der Waals surface area contributed by atoms with Crippen molar-refractivity contribution in [2.75, 3.05) is 0 Å². The Morgan fingerprint density at radius 3 is 1.36 bits per heavy atom. The van der Waals surface area contributed by atoms with Gasteiger partial charge in [-0.15, -0.1) is 0 Å². The van der Waals surface area contributed by atoms with Gasteiger partial charge in [-0.2, -0.15) is 0 Å². The Balaban J connectivity index is 0.000000160. The molecule has 0 fully saturated rings. The second-order valence-electron chi connectivity index (χ2n) is 12.0. The number of hydrogen-bond acceptors (Lipinski definition) is 4. The lowest BCUT2D eigenvalue weighted by molar-refractivity contribution is 1.16. The van der Waals surface area contributed by atoms with Crippen molar-refractivity contribution in [1.82, 2.24) is 29.1 Å². The average Bonchev–Trinajstić information content (AvgIpc) is 3.66. The Morgan fingerprint density at radius 1 is 0.540 bits per heavy atom. The zero-order valence-electron chi connectivity index (χ0n) is 27.0. The van der Waals surface area contributed by atoms with Crippen molar-refractivity contribution >= 4 is 65.6 Å². The van der Waals surface area contributed by atoms with E-state index in [9.17, 15) is 0 Å². The van der Waals surface area contributed by atoms with Crippen molar-refractivity contribution < 1.29 is 0 Å². The second-order valence-corrected chi connectivity index (χ2v) is 12.9. The minimum absolute atomic E-state index is 0. The number of aryl methyl sites for hydroxylation is 2. The van der Waals surface area contributed by atoms with Gasteiger partial charge >= 0.3 is 0 Å². The summed E-state index contributed by atoms with van der Waals surface area (Å²) in [5.41, 5.74) is 12.9. The van der Waals surface area contributed by atoms with Crippen LogP contribution in [0.15, 0.2) is 146 Å². The lowest BCUT2D eigenvalue weighted by atomic mass is 9.99. The molecule has 0 aliphatic rings. The first kappa shape index (κ1) is 32.6. The predicted octanol–water partition coefficient (Wildman–Crippen LogP) is 11.5. The molecule has 0 spiro atoms. The third-order valence-electron chi connectivity index (χ3n) is 9.06. The highest BCUT2D eigenvalue weighted by Crippen LogP contribution is 2.34. The molecule has 6 heterocycles. The zero-order chi connectivity index (χ0) is 33.5. The smallest absolute Gasteiger partial charge is 0.0572 e. The molecule has 244 valence electrons. The van der Waals surface area contributed by atoms with Gasteiger partial charge in [0, 0.05) is 87.0 Å². The zero-order valence-corrected chi connectivity index (χ0v) is 28.6. The normalized spacial score (nSPS) is 11.0. The number of pyridine rings is 4. The van der Waals surface area contributed by atoms with Crippen molar-refractivity contribution in [3.05, 3.63) is 162 Å². The molecule has 0 bridgehead atoms. The molecular formula is C43H35BrN6. The molecule has 0 amide bonds. The molecule has 50 heavy (non-hydrogen) atoms. The fourth-order valence-electron chi connectivity index (χ4n) is 6.65. The van der Waals surface area contributed by atoms with Crippen LogP contribution in [0.25, 0.3) is 72.2 Å². The Labute approximate surface area is 299 Å². The highest BCUT2D eigenvalue weighted by Gasteiger charge is 2.14. The summed E-state index contributed by atoms with van der Waals surface area (Å²) in [6.07, 6.45) is 16.8. The van der Waals surface area contributed by atoms with Crippen molar-refractivity contribution in [3.63, 3.8) is 0 Å². The summed E-state index contributed by atoms with van der Waals surface area (Å²) in [7, 11) is 0. The molecule has 6 aromatic heterocycles. The first-order valence-corrected chi connectivity index (χ1v) is 16.8. The maximum atomic E-state index is 4.31. The van der Waals surface area contributed by atoms with Crippen LogP contribution in [-0.2, 0) is 0 Å². The van der Waals surface area contributed by atoms with Gasteiger partial charge in [-0.3, -0.25) is 19.9 Å². The van der Waals surface area contributed by atoms with E-state index in [2.05, 4.69) is 138 Å². The van der Waals surface area contributed by atoms with Crippen LogP contribution in [0.5, 0.6) is 0 Å². The van der Waals surface area contributed by atoms with Gasteiger partial charge in [-0.25, -0.2) is 0 Å². The molecule has 0 aliphatic carbocycles. The minimum atomic E-state index is 0. The van der Waals surface area contributed by atoms with Gasteiger partial charge in [-0.1, -0.05) is 66.3 Å². The highest BCUT2D eigenvalue weighted by atomic mass is 79.9. The standard InChI is InChI=1S/C25H19N3.C17H12BrN3.CH4/c1-3-18-4-6-19(7-5-18)21-9-8-20(14-17(21)2)28-24-10-12-26-15-22(24)23-16-27-13-11-25(23)28;1-11-8-12(2-3-15(11)18)21-16-4-6-19-9-13(16)14-10-20-7-5-17(14)21;/h3-16H,1H2,2H3;2-10H,1H3;1H4. The fourth-order valence-corrected chi connectivity index (χ4v) is 6.90. The van der Waals surface area contributed by atoms with Crippen molar-refractivity contribution in [1.29, 1.82) is 0 Å². The number of nitrogens with zero attached hydrogens (tertiary/aromatic N) is 6. The van der Waals surface area contributed by atoms with Gasteiger partial charge < -0.3 is 9.13 Å². The molecule has 0 saturated heterocycles. The lowest BCUT2D eigenvalue weighted by Gasteiger charge is -2.12. The monoisotopic (exact) mass is 714 g/mol. The van der Waals surface area contributed by atoms with Crippen LogP contribution < -0.4 is 0 Å². The Hall–Kier alpha value is -5.92. The first-order chi connectivity index (χ1) is 24.0. The molecule has 7 heteroatoms. The van der Waals surface area contributed by atoms with Gasteiger partial charge in [-0.05, 0) is 96.3 Å². The number of hydrogen-bond donors (Lipinski definition) is 0. The molecule has 0 unspecified atom stereocenters. The van der Waals surface area contributed by atoms with Crippen LogP contribution >= 0.6 is 15.9 Å². The van der Waals surface area contributed by atoms with Gasteiger partial charge in [0.2, 0.25) is 0 Å². The maximum absolute atomic E-state index is 4.31. The molecule has 0 N–H and O–H groups in total. The van der Waals surface area contributed by atoms with E-state index >= 15 is 0 Å². The topological polar surface area (TPSA) is 61.4 Å². The molecule has 9 aromatic rings. The van der Waals surface area contributed by atoms with Crippen LogP contribution in [0.1, 0.15) is 24.1 Å². The molecule has 0 saturated carbocycles. The maximum Gasteiger partial charge on any atom is 0.0572 e. The van der Waals surface area contributed by atoms with E-state index in [1.54, 1.807) is 0 Å². The molecule has 6 nitrogen and oxygen atoms in total. The second kappa shape index (κ2) is 13.5. The average molecular weight is 716 g/mol. The fraction of sp³-hybridized carbons (Fsp3) is 0.0698. The summed E-state index contributed by atoms with van der Waals surface area (Å²) < 4.78 is 5.66. The van der Waals surface area contributed by atoms with E-state index < -0.39 is 0 Å². The Bertz CT molecular complexity index is 2560. The minimum Gasteiger partial charge on any atom is -0.309 e. The molecular weight excluding hydrogens is 680 g/mol. The third kappa shape index (κ3) is 5.65.